The highest BCUT2D eigenvalue weighted by Crippen LogP contribution is 2.21. The molecule has 0 bridgehead atoms. The van der Waals surface area contributed by atoms with Crippen molar-refractivity contribution in [2.75, 3.05) is 6.54 Å². The molecule has 0 N–H and O–H groups in total. The number of nitrogens with zero attached hydrogens (tertiary/aromatic N) is 1. The van der Waals surface area contributed by atoms with Crippen molar-refractivity contribution in [1.82, 2.24) is 4.90 Å². The van der Waals surface area contributed by atoms with Crippen LogP contribution in [0.4, 0.5) is 0 Å². The van der Waals surface area contributed by atoms with Crippen LogP contribution >= 0.6 is 11.3 Å². The molecular formula is C10H13NOS. The molecule has 1 amide bonds. The molecule has 2 nitrogen and oxygen atoms in total. The van der Waals surface area contributed by atoms with Crippen molar-refractivity contribution in [2.24, 2.45) is 5.92 Å². The largest absolute Gasteiger partial charge is 0.337 e. The van der Waals surface area contributed by atoms with Gasteiger partial charge in [0.2, 0.25) is 5.91 Å². The van der Waals surface area contributed by atoms with Crippen LogP contribution in [0, 0.1) is 5.92 Å². The second-order valence-corrected chi connectivity index (χ2v) is 4.56. The second kappa shape index (κ2) is 3.50. The Hall–Kier alpha value is -0.830. The Bertz CT molecular complexity index is 294. The molecule has 1 fully saturated rings. The summed E-state index contributed by atoms with van der Waals surface area (Å²) in [7, 11) is 0. The summed E-state index contributed by atoms with van der Waals surface area (Å²) >= 11 is 1.72. The molecule has 2 heterocycles. The van der Waals surface area contributed by atoms with Crippen molar-refractivity contribution < 1.29 is 4.79 Å². The van der Waals surface area contributed by atoms with Gasteiger partial charge in [0.1, 0.15) is 0 Å². The highest BCUT2D eigenvalue weighted by atomic mass is 32.1. The van der Waals surface area contributed by atoms with Crippen molar-refractivity contribution >= 4 is 17.2 Å². The van der Waals surface area contributed by atoms with Crippen LogP contribution in [-0.2, 0) is 11.3 Å². The second-order valence-electron chi connectivity index (χ2n) is 3.53. The Morgan fingerprint density at radius 3 is 3.08 bits per heavy atom. The Kier molecular flexibility index (Phi) is 2.36. The van der Waals surface area contributed by atoms with Gasteiger partial charge in [-0.05, 0) is 17.9 Å². The SMILES string of the molecule is CC1CCN(Cc2cccs2)C1=O. The molecule has 2 rings (SSSR count). The van der Waals surface area contributed by atoms with Crippen molar-refractivity contribution in [3.63, 3.8) is 0 Å². The number of likely N-dealkylation sites (tertiary alicyclic amines) is 1. The molecule has 1 aliphatic heterocycles. The van der Waals surface area contributed by atoms with Crippen LogP contribution in [0.5, 0.6) is 0 Å². The highest BCUT2D eigenvalue weighted by Gasteiger charge is 2.27. The molecule has 0 spiro atoms. The maximum Gasteiger partial charge on any atom is 0.225 e. The highest BCUT2D eigenvalue weighted by molar-refractivity contribution is 7.09. The first-order valence-corrected chi connectivity index (χ1v) is 5.46. The van der Waals surface area contributed by atoms with Crippen LogP contribution in [0.15, 0.2) is 17.5 Å². The smallest absolute Gasteiger partial charge is 0.225 e. The van der Waals surface area contributed by atoms with Gasteiger partial charge in [-0.1, -0.05) is 13.0 Å². The normalized spacial score (nSPS) is 22.7. The zero-order chi connectivity index (χ0) is 9.26. The molecule has 1 unspecified atom stereocenters. The summed E-state index contributed by atoms with van der Waals surface area (Å²) in [6.45, 7) is 3.75. The van der Waals surface area contributed by atoms with Crippen LogP contribution in [-0.4, -0.2) is 17.4 Å². The summed E-state index contributed by atoms with van der Waals surface area (Å²) in [6.07, 6.45) is 1.02. The fourth-order valence-corrected chi connectivity index (χ4v) is 2.36. The van der Waals surface area contributed by atoms with E-state index in [2.05, 4.69) is 11.4 Å². The van der Waals surface area contributed by atoms with Crippen LogP contribution in [0.2, 0.25) is 0 Å². The Morgan fingerprint density at radius 2 is 2.54 bits per heavy atom. The maximum atomic E-state index is 11.6. The van der Waals surface area contributed by atoms with E-state index >= 15 is 0 Å². The first kappa shape index (κ1) is 8.75. The summed E-state index contributed by atoms with van der Waals surface area (Å²) in [5.74, 6) is 0.549. The van der Waals surface area contributed by atoms with E-state index in [9.17, 15) is 4.79 Å². The Balaban J connectivity index is 2.00. The summed E-state index contributed by atoms with van der Waals surface area (Å²) in [4.78, 5) is 14.8. The fraction of sp³-hybridized carbons (Fsp3) is 0.500. The molecule has 1 atom stereocenters. The third-order valence-electron chi connectivity index (χ3n) is 2.49. The van der Waals surface area contributed by atoms with Gasteiger partial charge in [-0.15, -0.1) is 11.3 Å². The summed E-state index contributed by atoms with van der Waals surface area (Å²) < 4.78 is 0. The van der Waals surface area contributed by atoms with Crippen molar-refractivity contribution in [3.05, 3.63) is 22.4 Å². The number of carbonyl (C=O) groups excluding carboxylic acids is 1. The van der Waals surface area contributed by atoms with Gasteiger partial charge < -0.3 is 4.90 Å². The van der Waals surface area contributed by atoms with Gasteiger partial charge in [0.05, 0.1) is 6.54 Å². The lowest BCUT2D eigenvalue weighted by atomic mass is 10.1. The monoisotopic (exact) mass is 195 g/mol. The van der Waals surface area contributed by atoms with E-state index in [1.54, 1.807) is 11.3 Å². The summed E-state index contributed by atoms with van der Waals surface area (Å²) in [5, 5.41) is 2.05. The van der Waals surface area contributed by atoms with E-state index in [0.29, 0.717) is 5.91 Å². The Labute approximate surface area is 82.2 Å². The number of hydrogen-bond acceptors (Lipinski definition) is 2. The maximum absolute atomic E-state index is 11.6. The predicted octanol–water partition coefficient (Wildman–Crippen LogP) is 2.12. The molecule has 1 aromatic rings. The lowest BCUT2D eigenvalue weighted by Crippen LogP contribution is -2.25. The van der Waals surface area contributed by atoms with E-state index in [-0.39, 0.29) is 5.92 Å². The molecule has 3 heteroatoms. The van der Waals surface area contributed by atoms with Crippen LogP contribution in [0.25, 0.3) is 0 Å². The summed E-state index contributed by atoms with van der Waals surface area (Å²) in [5.41, 5.74) is 0. The quantitative estimate of drug-likeness (QED) is 0.708. The number of rotatable bonds is 2. The minimum absolute atomic E-state index is 0.236. The molecule has 1 saturated heterocycles. The first-order valence-electron chi connectivity index (χ1n) is 4.58. The van der Waals surface area contributed by atoms with Crippen LogP contribution in [0.1, 0.15) is 18.2 Å². The van der Waals surface area contributed by atoms with Crippen LogP contribution in [0.3, 0.4) is 0 Å². The number of hydrogen-bond donors (Lipinski definition) is 0. The standard InChI is InChI=1S/C10H13NOS/c1-8-4-5-11(10(8)12)7-9-3-2-6-13-9/h2-3,6,8H,4-5,7H2,1H3. The van der Waals surface area contributed by atoms with Gasteiger partial charge in [0.15, 0.2) is 0 Å². The van der Waals surface area contributed by atoms with Gasteiger partial charge >= 0.3 is 0 Å². The average molecular weight is 195 g/mol. The van der Waals surface area contributed by atoms with Gasteiger partial charge in [0, 0.05) is 17.3 Å². The molecule has 13 heavy (non-hydrogen) atoms. The molecule has 0 aromatic carbocycles. The lowest BCUT2D eigenvalue weighted by molar-refractivity contribution is -0.130. The minimum atomic E-state index is 0.236. The van der Waals surface area contributed by atoms with Gasteiger partial charge in [-0.25, -0.2) is 0 Å². The lowest BCUT2D eigenvalue weighted by Gasteiger charge is -2.14. The first-order chi connectivity index (χ1) is 6.27. The fourth-order valence-electron chi connectivity index (χ4n) is 1.64. The van der Waals surface area contributed by atoms with E-state index in [1.807, 2.05) is 17.9 Å². The molecular weight excluding hydrogens is 182 g/mol. The minimum Gasteiger partial charge on any atom is -0.337 e. The molecule has 0 saturated carbocycles. The molecule has 70 valence electrons. The van der Waals surface area contributed by atoms with Crippen LogP contribution < -0.4 is 0 Å². The molecule has 1 aliphatic rings. The van der Waals surface area contributed by atoms with Gasteiger partial charge in [-0.2, -0.15) is 0 Å². The number of amides is 1. The molecule has 0 aliphatic carbocycles. The van der Waals surface area contributed by atoms with E-state index in [4.69, 9.17) is 0 Å². The summed E-state index contributed by atoms with van der Waals surface area (Å²) in [6, 6.07) is 4.12. The molecule has 1 aromatic heterocycles. The predicted molar refractivity (Wildman–Crippen MR) is 53.5 cm³/mol. The number of thiophene rings is 1. The van der Waals surface area contributed by atoms with Gasteiger partial charge in [0.25, 0.3) is 0 Å². The van der Waals surface area contributed by atoms with E-state index < -0.39 is 0 Å². The van der Waals surface area contributed by atoms with Crippen molar-refractivity contribution in [2.45, 2.75) is 19.9 Å². The van der Waals surface area contributed by atoms with E-state index in [1.165, 1.54) is 4.88 Å². The van der Waals surface area contributed by atoms with Crippen molar-refractivity contribution in [3.8, 4) is 0 Å². The van der Waals surface area contributed by atoms with E-state index in [0.717, 1.165) is 19.5 Å². The zero-order valence-electron chi connectivity index (χ0n) is 7.69. The third-order valence-corrected chi connectivity index (χ3v) is 3.35. The zero-order valence-corrected chi connectivity index (χ0v) is 8.51. The van der Waals surface area contributed by atoms with Crippen molar-refractivity contribution in [1.29, 1.82) is 0 Å². The topological polar surface area (TPSA) is 20.3 Å². The third kappa shape index (κ3) is 1.75. The molecule has 0 radical (unpaired) electrons. The Morgan fingerprint density at radius 1 is 1.69 bits per heavy atom. The average Bonchev–Trinajstić information content (AvgIpc) is 2.71. The van der Waals surface area contributed by atoms with Gasteiger partial charge in [-0.3, -0.25) is 4.79 Å². The number of carbonyl (C=O) groups is 1.